The van der Waals surface area contributed by atoms with Crippen LogP contribution in [0.2, 0.25) is 0 Å². The van der Waals surface area contributed by atoms with E-state index in [-0.39, 0.29) is 12.5 Å². The smallest absolute Gasteiger partial charge is 0.257 e. The third kappa shape index (κ3) is 5.32. The summed E-state index contributed by atoms with van der Waals surface area (Å²) in [5.74, 6) is 1.82. The molecule has 1 aliphatic rings. The predicted molar refractivity (Wildman–Crippen MR) is 126 cm³/mol. The highest BCUT2D eigenvalue weighted by atomic mass is 16.5. The Balaban J connectivity index is 1.58. The third-order valence-corrected chi connectivity index (χ3v) is 5.85. The zero-order valence-electron chi connectivity index (χ0n) is 19.2. The highest BCUT2D eigenvalue weighted by Crippen LogP contribution is 2.25. The van der Waals surface area contributed by atoms with Gasteiger partial charge in [-0.1, -0.05) is 6.07 Å². The molecule has 2 aromatic heterocycles. The minimum Gasteiger partial charge on any atom is -0.497 e. The van der Waals surface area contributed by atoms with Crippen molar-refractivity contribution in [2.75, 3.05) is 45.7 Å². The highest BCUT2D eigenvalue weighted by molar-refractivity contribution is 5.99. The first kappa shape index (κ1) is 22.8. The lowest BCUT2D eigenvalue weighted by molar-refractivity contribution is -0.0116. The van der Waals surface area contributed by atoms with Crippen LogP contribution in [0.1, 0.15) is 16.2 Å². The number of rotatable bonds is 6. The number of imidazole rings is 1. The molecule has 9 nitrogen and oxygen atoms in total. The van der Waals surface area contributed by atoms with Crippen LogP contribution in [0.5, 0.6) is 5.75 Å². The fourth-order valence-corrected chi connectivity index (χ4v) is 4.20. The number of aliphatic hydroxyl groups is 1. The molecule has 33 heavy (non-hydrogen) atoms. The van der Waals surface area contributed by atoms with Crippen LogP contribution in [0, 0.1) is 6.92 Å². The number of carbonyl (C=O) groups is 1. The van der Waals surface area contributed by atoms with Gasteiger partial charge in [0.05, 0.1) is 25.8 Å². The van der Waals surface area contributed by atoms with Gasteiger partial charge < -0.3 is 29.5 Å². The number of carbonyl (C=O) groups excluding carboxylic acids is 1. The lowest BCUT2D eigenvalue weighted by Crippen LogP contribution is -2.50. The number of anilines is 2. The summed E-state index contributed by atoms with van der Waals surface area (Å²) in [5, 5.41) is 14.7. The van der Waals surface area contributed by atoms with Gasteiger partial charge in [-0.3, -0.25) is 4.79 Å². The Kier molecular flexibility index (Phi) is 6.62. The lowest BCUT2D eigenvalue weighted by Gasteiger charge is -2.33. The average Bonchev–Trinajstić information content (AvgIpc) is 3.12. The third-order valence-electron chi connectivity index (χ3n) is 5.85. The summed E-state index contributed by atoms with van der Waals surface area (Å²) >= 11 is 0. The van der Waals surface area contributed by atoms with E-state index in [1.807, 2.05) is 49.0 Å². The van der Waals surface area contributed by atoms with Crippen LogP contribution in [-0.2, 0) is 6.54 Å². The van der Waals surface area contributed by atoms with Gasteiger partial charge in [0.15, 0.2) is 0 Å². The van der Waals surface area contributed by atoms with Crippen LogP contribution in [0.25, 0.3) is 0 Å². The quantitative estimate of drug-likeness (QED) is 0.594. The van der Waals surface area contributed by atoms with Crippen molar-refractivity contribution in [2.45, 2.75) is 19.1 Å². The zero-order valence-corrected chi connectivity index (χ0v) is 19.2. The molecule has 0 bridgehead atoms. The lowest BCUT2D eigenvalue weighted by atomic mass is 10.0. The summed E-state index contributed by atoms with van der Waals surface area (Å²) in [6.07, 6.45) is 5.21. The summed E-state index contributed by atoms with van der Waals surface area (Å²) in [7, 11) is 3.57. The van der Waals surface area contributed by atoms with Crippen molar-refractivity contribution in [1.29, 1.82) is 0 Å². The second kappa shape index (κ2) is 9.60. The number of nitrogens with one attached hydrogen (secondary N) is 1. The molecule has 174 valence electrons. The zero-order chi connectivity index (χ0) is 23.4. The van der Waals surface area contributed by atoms with Crippen molar-refractivity contribution in [3.05, 3.63) is 66.4 Å². The molecule has 1 fully saturated rings. The molecular weight excluding hydrogens is 420 g/mol. The Morgan fingerprint density at radius 2 is 2.03 bits per heavy atom. The van der Waals surface area contributed by atoms with E-state index in [1.54, 1.807) is 36.5 Å². The fraction of sp³-hybridized carbons (Fsp3) is 0.375. The molecule has 1 amide bonds. The minimum atomic E-state index is -1.12. The summed E-state index contributed by atoms with van der Waals surface area (Å²) in [6, 6.07) is 11.0. The van der Waals surface area contributed by atoms with E-state index in [1.165, 1.54) is 0 Å². The topological polar surface area (TPSA) is 95.8 Å². The molecule has 4 rings (SSSR count). The van der Waals surface area contributed by atoms with E-state index < -0.39 is 5.60 Å². The molecule has 3 heterocycles. The van der Waals surface area contributed by atoms with Crippen LogP contribution < -0.4 is 10.1 Å². The van der Waals surface area contributed by atoms with Gasteiger partial charge in [0.25, 0.3) is 5.91 Å². The normalized spacial score (nSPS) is 19.2. The van der Waals surface area contributed by atoms with Crippen molar-refractivity contribution in [3.63, 3.8) is 0 Å². The van der Waals surface area contributed by atoms with E-state index >= 15 is 0 Å². The van der Waals surface area contributed by atoms with Gasteiger partial charge in [-0.05, 0) is 38.2 Å². The molecular formula is C24H30N6O3. The number of likely N-dealkylation sites (N-methyl/N-ethyl adjacent to an activating group) is 1. The number of benzene rings is 1. The molecule has 3 aromatic rings. The standard InChI is InChI=1S/C24H30N6O3/c1-18-25-10-11-29(18)16-24(32)15-28(2)12-13-30(17-24)23(31)21-8-5-9-26-22(21)27-19-6-4-7-20(14-19)33-3/h4-11,14,32H,12-13,15-17H2,1-3H3,(H,26,27). The van der Waals surface area contributed by atoms with E-state index in [9.17, 15) is 9.90 Å². The molecule has 0 spiro atoms. The van der Waals surface area contributed by atoms with E-state index in [4.69, 9.17) is 4.74 Å². The second-order valence-electron chi connectivity index (χ2n) is 8.55. The number of aryl methyl sites for hydroxylation is 1. The second-order valence-corrected chi connectivity index (χ2v) is 8.55. The van der Waals surface area contributed by atoms with Crippen molar-refractivity contribution in [3.8, 4) is 5.75 Å². The van der Waals surface area contributed by atoms with E-state index in [0.29, 0.717) is 43.3 Å². The molecule has 0 radical (unpaired) electrons. The van der Waals surface area contributed by atoms with Crippen LogP contribution in [0.4, 0.5) is 11.5 Å². The van der Waals surface area contributed by atoms with Crippen LogP contribution in [0.15, 0.2) is 55.0 Å². The molecule has 1 aromatic carbocycles. The predicted octanol–water partition coefficient (Wildman–Crippen LogP) is 2.16. The first-order valence-corrected chi connectivity index (χ1v) is 10.9. The first-order valence-electron chi connectivity index (χ1n) is 10.9. The van der Waals surface area contributed by atoms with Crippen molar-refractivity contribution in [1.82, 2.24) is 24.3 Å². The number of hydrogen-bond acceptors (Lipinski definition) is 7. The van der Waals surface area contributed by atoms with Crippen molar-refractivity contribution < 1.29 is 14.6 Å². The largest absolute Gasteiger partial charge is 0.497 e. The maximum atomic E-state index is 13.6. The monoisotopic (exact) mass is 450 g/mol. The summed E-state index contributed by atoms with van der Waals surface area (Å²) in [6.45, 7) is 4.09. The molecule has 1 unspecified atom stereocenters. The van der Waals surface area contributed by atoms with Crippen LogP contribution in [0.3, 0.4) is 0 Å². The molecule has 1 saturated heterocycles. The fourth-order valence-electron chi connectivity index (χ4n) is 4.20. The van der Waals surface area contributed by atoms with Crippen LogP contribution >= 0.6 is 0 Å². The van der Waals surface area contributed by atoms with Gasteiger partial charge >= 0.3 is 0 Å². The Hall–Kier alpha value is -3.43. The number of nitrogens with zero attached hydrogens (tertiary/aromatic N) is 5. The van der Waals surface area contributed by atoms with Gasteiger partial charge in [0.1, 0.15) is 23.0 Å². The maximum absolute atomic E-state index is 13.6. The van der Waals surface area contributed by atoms with Gasteiger partial charge in [-0.2, -0.15) is 0 Å². The molecule has 0 aliphatic carbocycles. The van der Waals surface area contributed by atoms with E-state index in [2.05, 4.69) is 20.2 Å². The summed E-state index contributed by atoms with van der Waals surface area (Å²) < 4.78 is 7.21. The SMILES string of the molecule is COc1cccc(Nc2ncccc2C(=O)N2CCN(C)CC(O)(Cn3ccnc3C)C2)c1. The van der Waals surface area contributed by atoms with E-state index in [0.717, 1.165) is 11.5 Å². The number of amides is 1. The number of hydrogen-bond donors (Lipinski definition) is 2. The average molecular weight is 451 g/mol. The summed E-state index contributed by atoms with van der Waals surface area (Å²) in [5.41, 5.74) is 0.102. The molecule has 0 saturated carbocycles. The number of pyridine rings is 1. The Labute approximate surface area is 193 Å². The Morgan fingerprint density at radius 1 is 1.18 bits per heavy atom. The maximum Gasteiger partial charge on any atom is 0.257 e. The van der Waals surface area contributed by atoms with Gasteiger partial charge in [-0.25, -0.2) is 9.97 Å². The molecule has 1 atom stereocenters. The number of aromatic nitrogens is 3. The highest BCUT2D eigenvalue weighted by Gasteiger charge is 2.37. The molecule has 9 heteroatoms. The van der Waals surface area contributed by atoms with Gasteiger partial charge in [0.2, 0.25) is 0 Å². The number of β-amino-alcohol motifs (C(OH)–C–C–N with tert-alkyl or cyclic N) is 1. The number of ether oxygens (including phenoxy) is 1. The van der Waals surface area contributed by atoms with Crippen LogP contribution in [-0.4, -0.2) is 81.3 Å². The Morgan fingerprint density at radius 3 is 2.79 bits per heavy atom. The minimum absolute atomic E-state index is 0.176. The summed E-state index contributed by atoms with van der Waals surface area (Å²) in [4.78, 5) is 26.0. The van der Waals surface area contributed by atoms with Gasteiger partial charge in [0, 0.05) is 50.0 Å². The first-order chi connectivity index (χ1) is 15.9. The Bertz CT molecular complexity index is 1120. The van der Waals surface area contributed by atoms with Gasteiger partial charge in [-0.15, -0.1) is 0 Å². The van der Waals surface area contributed by atoms with Crippen molar-refractivity contribution >= 4 is 17.4 Å². The molecule has 1 aliphatic heterocycles. The molecule has 2 N–H and O–H groups in total. The number of methoxy groups -OCH3 is 1. The van der Waals surface area contributed by atoms with Crippen molar-refractivity contribution in [2.24, 2.45) is 0 Å².